The molecule has 1 atom stereocenters. The molecule has 2 aromatic carbocycles. The summed E-state index contributed by atoms with van der Waals surface area (Å²) in [5, 5.41) is 14.6. The molecule has 0 bridgehead atoms. The molecule has 2 amide bonds. The lowest BCUT2D eigenvalue weighted by Gasteiger charge is -2.13. The molecule has 1 aliphatic heterocycles. The third kappa shape index (κ3) is 3.97. The molecule has 0 saturated heterocycles. The molecule has 0 aliphatic carbocycles. The number of hydrogen-bond donors (Lipinski definition) is 3. The van der Waals surface area contributed by atoms with Crippen molar-refractivity contribution in [1.82, 2.24) is 5.32 Å². The summed E-state index contributed by atoms with van der Waals surface area (Å²) in [6.45, 7) is 0.416. The van der Waals surface area contributed by atoms with Crippen molar-refractivity contribution in [3.63, 3.8) is 0 Å². The summed E-state index contributed by atoms with van der Waals surface area (Å²) in [4.78, 5) is 23.6. The standard InChI is InChI=1S/C18H16F2N2O4/c19-13-3-2-12(8-14(13)20)22-18(25)17(24)21-9-15(23)10-1-4-16-11(7-10)5-6-26-16/h1-4,7-8,15,23H,5-6,9H2,(H,21,24)(H,22,25). The molecule has 2 aromatic rings. The summed E-state index contributed by atoms with van der Waals surface area (Å²) in [6.07, 6.45) is -0.250. The van der Waals surface area contributed by atoms with Crippen LogP contribution < -0.4 is 15.4 Å². The van der Waals surface area contributed by atoms with Crippen molar-refractivity contribution in [2.75, 3.05) is 18.5 Å². The van der Waals surface area contributed by atoms with E-state index < -0.39 is 29.6 Å². The Balaban J connectivity index is 1.54. The third-order valence-electron chi connectivity index (χ3n) is 3.94. The van der Waals surface area contributed by atoms with E-state index in [2.05, 4.69) is 10.6 Å². The van der Waals surface area contributed by atoms with Gasteiger partial charge in [-0.15, -0.1) is 0 Å². The predicted molar refractivity (Wildman–Crippen MR) is 88.6 cm³/mol. The van der Waals surface area contributed by atoms with E-state index in [0.29, 0.717) is 12.2 Å². The van der Waals surface area contributed by atoms with E-state index in [9.17, 15) is 23.5 Å². The normalized spacial score (nSPS) is 13.5. The van der Waals surface area contributed by atoms with Crippen molar-refractivity contribution in [1.29, 1.82) is 0 Å². The molecule has 0 spiro atoms. The van der Waals surface area contributed by atoms with Crippen molar-refractivity contribution < 1.29 is 28.2 Å². The summed E-state index contributed by atoms with van der Waals surface area (Å²) >= 11 is 0. The Hall–Kier alpha value is -3.00. The molecule has 0 radical (unpaired) electrons. The van der Waals surface area contributed by atoms with Crippen LogP contribution in [0.25, 0.3) is 0 Å². The molecule has 0 fully saturated rings. The highest BCUT2D eigenvalue weighted by Crippen LogP contribution is 2.28. The first kappa shape index (κ1) is 17.8. The number of benzene rings is 2. The maximum Gasteiger partial charge on any atom is 0.313 e. The lowest BCUT2D eigenvalue weighted by Crippen LogP contribution is -2.37. The van der Waals surface area contributed by atoms with Gasteiger partial charge in [0.2, 0.25) is 0 Å². The zero-order chi connectivity index (χ0) is 18.7. The highest BCUT2D eigenvalue weighted by molar-refractivity contribution is 6.39. The van der Waals surface area contributed by atoms with Gasteiger partial charge in [0.05, 0.1) is 12.7 Å². The summed E-state index contributed by atoms with van der Waals surface area (Å²) < 4.78 is 31.3. The van der Waals surface area contributed by atoms with Crippen molar-refractivity contribution in [2.45, 2.75) is 12.5 Å². The Morgan fingerprint density at radius 3 is 2.69 bits per heavy atom. The van der Waals surface area contributed by atoms with Gasteiger partial charge in [0, 0.05) is 24.7 Å². The topological polar surface area (TPSA) is 87.7 Å². The van der Waals surface area contributed by atoms with E-state index in [-0.39, 0.29) is 12.2 Å². The second-order valence-electron chi connectivity index (χ2n) is 5.77. The highest BCUT2D eigenvalue weighted by Gasteiger charge is 2.19. The molecule has 26 heavy (non-hydrogen) atoms. The van der Waals surface area contributed by atoms with E-state index in [1.165, 1.54) is 0 Å². The molecule has 1 heterocycles. The van der Waals surface area contributed by atoms with Crippen LogP contribution in [-0.2, 0) is 16.0 Å². The van der Waals surface area contributed by atoms with E-state index in [1.54, 1.807) is 18.2 Å². The van der Waals surface area contributed by atoms with Gasteiger partial charge < -0.3 is 20.5 Å². The first-order valence-electron chi connectivity index (χ1n) is 7.92. The second kappa shape index (κ2) is 7.49. The van der Waals surface area contributed by atoms with Crippen molar-refractivity contribution >= 4 is 17.5 Å². The number of anilines is 1. The molecular formula is C18H16F2N2O4. The van der Waals surface area contributed by atoms with Gasteiger partial charge in [-0.05, 0) is 35.4 Å². The maximum atomic E-state index is 13.1. The third-order valence-corrected chi connectivity index (χ3v) is 3.94. The first-order valence-corrected chi connectivity index (χ1v) is 7.92. The van der Waals surface area contributed by atoms with Crippen LogP contribution in [0, 0.1) is 11.6 Å². The molecule has 6 nitrogen and oxygen atoms in total. The number of fused-ring (bicyclic) bond motifs is 1. The quantitative estimate of drug-likeness (QED) is 0.723. The molecular weight excluding hydrogens is 346 g/mol. The molecule has 1 unspecified atom stereocenters. The molecule has 3 rings (SSSR count). The summed E-state index contributed by atoms with van der Waals surface area (Å²) in [7, 11) is 0. The van der Waals surface area contributed by atoms with Crippen LogP contribution in [0.4, 0.5) is 14.5 Å². The Morgan fingerprint density at radius 1 is 1.12 bits per heavy atom. The fraction of sp³-hybridized carbons (Fsp3) is 0.222. The minimum Gasteiger partial charge on any atom is -0.493 e. The average Bonchev–Trinajstić information content (AvgIpc) is 3.10. The summed E-state index contributed by atoms with van der Waals surface area (Å²) in [5.41, 5.74) is 1.52. The van der Waals surface area contributed by atoms with Gasteiger partial charge in [-0.2, -0.15) is 0 Å². The minimum absolute atomic E-state index is 0.0526. The Kier molecular flexibility index (Phi) is 5.13. The van der Waals surface area contributed by atoms with Crippen molar-refractivity contribution in [2.24, 2.45) is 0 Å². The fourth-order valence-corrected chi connectivity index (χ4v) is 2.56. The van der Waals surface area contributed by atoms with Gasteiger partial charge in [-0.1, -0.05) is 6.07 Å². The van der Waals surface area contributed by atoms with E-state index in [1.807, 2.05) is 0 Å². The Labute approximate surface area is 147 Å². The number of nitrogens with one attached hydrogen (secondary N) is 2. The number of amides is 2. The summed E-state index contributed by atoms with van der Waals surface area (Å²) in [6, 6.07) is 7.96. The van der Waals surface area contributed by atoms with Crippen molar-refractivity contribution in [3.8, 4) is 5.75 Å². The lowest BCUT2D eigenvalue weighted by molar-refractivity contribution is -0.136. The average molecular weight is 362 g/mol. The molecule has 136 valence electrons. The zero-order valence-corrected chi connectivity index (χ0v) is 13.6. The van der Waals surface area contributed by atoms with Gasteiger partial charge in [0.1, 0.15) is 5.75 Å². The molecule has 0 saturated carbocycles. The van der Waals surface area contributed by atoms with Crippen LogP contribution in [0.2, 0.25) is 0 Å². The van der Waals surface area contributed by atoms with Crippen LogP contribution in [0.5, 0.6) is 5.75 Å². The zero-order valence-electron chi connectivity index (χ0n) is 13.6. The van der Waals surface area contributed by atoms with E-state index >= 15 is 0 Å². The second-order valence-corrected chi connectivity index (χ2v) is 5.77. The number of halogens is 2. The largest absolute Gasteiger partial charge is 0.493 e. The van der Waals surface area contributed by atoms with Crippen LogP contribution >= 0.6 is 0 Å². The number of rotatable bonds is 4. The number of aliphatic hydroxyl groups excluding tert-OH is 1. The monoisotopic (exact) mass is 362 g/mol. The number of ether oxygens (including phenoxy) is 1. The van der Waals surface area contributed by atoms with Crippen LogP contribution in [0.1, 0.15) is 17.2 Å². The fourth-order valence-electron chi connectivity index (χ4n) is 2.56. The Bertz CT molecular complexity index is 857. The number of carbonyl (C=O) groups is 2. The minimum atomic E-state index is -1.14. The summed E-state index contributed by atoms with van der Waals surface area (Å²) in [5.74, 6) is -3.48. The number of hydrogen-bond acceptors (Lipinski definition) is 4. The van der Waals surface area contributed by atoms with Gasteiger partial charge in [-0.3, -0.25) is 9.59 Å². The van der Waals surface area contributed by atoms with Crippen LogP contribution in [0.3, 0.4) is 0 Å². The first-order chi connectivity index (χ1) is 12.4. The van der Waals surface area contributed by atoms with Crippen LogP contribution in [-0.4, -0.2) is 30.1 Å². The smallest absolute Gasteiger partial charge is 0.313 e. The Morgan fingerprint density at radius 2 is 1.92 bits per heavy atom. The van der Waals surface area contributed by atoms with Gasteiger partial charge >= 0.3 is 11.8 Å². The number of carbonyl (C=O) groups excluding carboxylic acids is 2. The van der Waals surface area contributed by atoms with Gasteiger partial charge in [0.25, 0.3) is 0 Å². The molecule has 3 N–H and O–H groups in total. The van der Waals surface area contributed by atoms with Gasteiger partial charge in [0.15, 0.2) is 11.6 Å². The van der Waals surface area contributed by atoms with Crippen molar-refractivity contribution in [3.05, 3.63) is 59.2 Å². The lowest BCUT2D eigenvalue weighted by atomic mass is 10.0. The molecule has 1 aliphatic rings. The molecule has 8 heteroatoms. The predicted octanol–water partition coefficient (Wildman–Crippen LogP) is 1.69. The SMILES string of the molecule is O=C(NCC(O)c1ccc2c(c1)CCO2)C(=O)Nc1ccc(F)c(F)c1. The van der Waals surface area contributed by atoms with E-state index in [4.69, 9.17) is 4.74 Å². The van der Waals surface area contributed by atoms with E-state index in [0.717, 1.165) is 35.9 Å². The van der Waals surface area contributed by atoms with Crippen LogP contribution in [0.15, 0.2) is 36.4 Å². The number of aliphatic hydroxyl groups is 1. The maximum absolute atomic E-state index is 13.1. The highest BCUT2D eigenvalue weighted by atomic mass is 19.2. The van der Waals surface area contributed by atoms with Gasteiger partial charge in [-0.25, -0.2) is 8.78 Å². The molecule has 0 aromatic heterocycles.